The maximum absolute atomic E-state index is 13.6. The van der Waals surface area contributed by atoms with Crippen LogP contribution in [0.1, 0.15) is 5.56 Å². The van der Waals surface area contributed by atoms with Crippen LogP contribution in [-0.4, -0.2) is 43.6 Å². The zero-order valence-electron chi connectivity index (χ0n) is 9.90. The SMILES string of the molecule is CN(CCOCCO)c1c(F)cccc1CO. The molecule has 0 atom stereocenters. The molecule has 0 aliphatic carbocycles. The molecule has 0 aliphatic rings. The normalized spacial score (nSPS) is 10.6. The van der Waals surface area contributed by atoms with Gasteiger partial charge in [-0.1, -0.05) is 12.1 Å². The Labute approximate surface area is 100 Å². The molecule has 0 fully saturated rings. The van der Waals surface area contributed by atoms with Crippen LogP contribution in [0.5, 0.6) is 0 Å². The fraction of sp³-hybridized carbons (Fsp3) is 0.500. The van der Waals surface area contributed by atoms with Gasteiger partial charge < -0.3 is 19.8 Å². The third kappa shape index (κ3) is 3.96. The number of nitrogens with zero attached hydrogens (tertiary/aromatic N) is 1. The Morgan fingerprint density at radius 2 is 2.06 bits per heavy atom. The molecular weight excluding hydrogens is 225 g/mol. The summed E-state index contributed by atoms with van der Waals surface area (Å²) in [6.07, 6.45) is 0. The summed E-state index contributed by atoms with van der Waals surface area (Å²) in [5, 5.41) is 17.7. The monoisotopic (exact) mass is 243 g/mol. The molecule has 0 amide bonds. The van der Waals surface area contributed by atoms with Crippen LogP contribution in [0.3, 0.4) is 0 Å². The second kappa shape index (κ2) is 7.21. The molecule has 0 bridgehead atoms. The van der Waals surface area contributed by atoms with E-state index in [1.54, 1.807) is 24.1 Å². The Kier molecular flexibility index (Phi) is 5.90. The number of para-hydroxylation sites is 1. The summed E-state index contributed by atoms with van der Waals surface area (Å²) in [5.41, 5.74) is 0.942. The second-order valence-electron chi connectivity index (χ2n) is 3.66. The van der Waals surface area contributed by atoms with Crippen LogP contribution in [0, 0.1) is 5.82 Å². The highest BCUT2D eigenvalue weighted by Crippen LogP contribution is 2.23. The van der Waals surface area contributed by atoms with Crippen LogP contribution in [0.4, 0.5) is 10.1 Å². The van der Waals surface area contributed by atoms with Crippen LogP contribution in [-0.2, 0) is 11.3 Å². The van der Waals surface area contributed by atoms with Gasteiger partial charge >= 0.3 is 0 Å². The van der Waals surface area contributed by atoms with E-state index in [4.69, 9.17) is 14.9 Å². The molecule has 0 spiro atoms. The van der Waals surface area contributed by atoms with Crippen LogP contribution in [0.25, 0.3) is 0 Å². The highest BCUT2D eigenvalue weighted by Gasteiger charge is 2.11. The van der Waals surface area contributed by atoms with Crippen molar-refractivity contribution in [2.75, 3.05) is 38.3 Å². The summed E-state index contributed by atoms with van der Waals surface area (Å²) in [6.45, 7) is 0.947. The molecule has 1 rings (SSSR count). The summed E-state index contributed by atoms with van der Waals surface area (Å²) in [4.78, 5) is 1.69. The Morgan fingerprint density at radius 1 is 1.29 bits per heavy atom. The minimum atomic E-state index is -0.360. The predicted molar refractivity (Wildman–Crippen MR) is 63.5 cm³/mol. The molecule has 0 heterocycles. The van der Waals surface area contributed by atoms with Gasteiger partial charge in [0.25, 0.3) is 0 Å². The fourth-order valence-corrected chi connectivity index (χ4v) is 1.59. The van der Waals surface area contributed by atoms with Crippen LogP contribution in [0.15, 0.2) is 18.2 Å². The summed E-state index contributed by atoms with van der Waals surface area (Å²) in [7, 11) is 1.74. The van der Waals surface area contributed by atoms with Crippen LogP contribution < -0.4 is 4.90 Å². The average Bonchev–Trinajstić information content (AvgIpc) is 2.34. The van der Waals surface area contributed by atoms with Gasteiger partial charge in [-0.15, -0.1) is 0 Å². The zero-order chi connectivity index (χ0) is 12.7. The van der Waals surface area contributed by atoms with Gasteiger partial charge in [0, 0.05) is 19.2 Å². The molecular formula is C12H18FNO3. The van der Waals surface area contributed by atoms with Gasteiger partial charge in [-0.3, -0.25) is 0 Å². The van der Waals surface area contributed by atoms with E-state index in [1.165, 1.54) is 6.07 Å². The summed E-state index contributed by atoms with van der Waals surface area (Å²) >= 11 is 0. The van der Waals surface area contributed by atoms with Crippen molar-refractivity contribution in [2.45, 2.75) is 6.61 Å². The van der Waals surface area contributed by atoms with E-state index in [0.29, 0.717) is 24.4 Å². The topological polar surface area (TPSA) is 52.9 Å². The molecule has 17 heavy (non-hydrogen) atoms. The van der Waals surface area contributed by atoms with Gasteiger partial charge in [0.2, 0.25) is 0 Å². The minimum absolute atomic E-state index is 0.0225. The smallest absolute Gasteiger partial charge is 0.146 e. The molecule has 1 aromatic carbocycles. The summed E-state index contributed by atoms with van der Waals surface area (Å²) < 4.78 is 18.7. The maximum Gasteiger partial charge on any atom is 0.146 e. The number of aliphatic hydroxyl groups excluding tert-OH is 2. The number of hydrogen-bond acceptors (Lipinski definition) is 4. The number of benzene rings is 1. The number of ether oxygens (including phenoxy) is 1. The van der Waals surface area contributed by atoms with Crippen molar-refractivity contribution < 1.29 is 19.3 Å². The first-order valence-electron chi connectivity index (χ1n) is 5.48. The fourth-order valence-electron chi connectivity index (χ4n) is 1.59. The number of likely N-dealkylation sites (N-methyl/N-ethyl adjacent to an activating group) is 1. The lowest BCUT2D eigenvalue weighted by Gasteiger charge is -2.22. The summed E-state index contributed by atoms with van der Waals surface area (Å²) in [5.74, 6) is -0.360. The van der Waals surface area contributed by atoms with E-state index in [2.05, 4.69) is 0 Å². The maximum atomic E-state index is 13.6. The molecule has 0 aliphatic heterocycles. The lowest BCUT2D eigenvalue weighted by Crippen LogP contribution is -2.25. The molecule has 0 saturated heterocycles. The van der Waals surface area contributed by atoms with Gasteiger partial charge in [-0.2, -0.15) is 0 Å². The average molecular weight is 243 g/mol. The van der Waals surface area contributed by atoms with Gasteiger partial charge in [0.05, 0.1) is 32.1 Å². The Morgan fingerprint density at radius 3 is 2.71 bits per heavy atom. The molecule has 5 heteroatoms. The first kappa shape index (κ1) is 13.9. The van der Waals surface area contributed by atoms with Crippen molar-refractivity contribution in [3.05, 3.63) is 29.6 Å². The van der Waals surface area contributed by atoms with Gasteiger partial charge in [-0.25, -0.2) is 4.39 Å². The van der Waals surface area contributed by atoms with Crippen molar-refractivity contribution in [3.63, 3.8) is 0 Å². The van der Waals surface area contributed by atoms with E-state index in [0.717, 1.165) is 0 Å². The molecule has 0 unspecified atom stereocenters. The van der Waals surface area contributed by atoms with E-state index in [-0.39, 0.29) is 25.6 Å². The highest BCUT2D eigenvalue weighted by atomic mass is 19.1. The molecule has 1 aromatic rings. The van der Waals surface area contributed by atoms with Crippen LogP contribution >= 0.6 is 0 Å². The number of anilines is 1. The standard InChI is InChI=1S/C12H18FNO3/c1-14(5-7-17-8-6-15)12-10(9-16)3-2-4-11(12)13/h2-4,15-16H,5-9H2,1H3. The predicted octanol–water partition coefficient (Wildman–Crippen LogP) is 0.763. The lowest BCUT2D eigenvalue weighted by atomic mass is 10.1. The second-order valence-corrected chi connectivity index (χ2v) is 3.66. The lowest BCUT2D eigenvalue weighted by molar-refractivity contribution is 0.0970. The molecule has 96 valence electrons. The van der Waals surface area contributed by atoms with E-state index < -0.39 is 0 Å². The first-order chi connectivity index (χ1) is 8.20. The number of halogens is 1. The van der Waals surface area contributed by atoms with E-state index in [1.807, 2.05) is 0 Å². The Hall–Kier alpha value is -1.17. The third-order valence-corrected chi connectivity index (χ3v) is 2.43. The van der Waals surface area contributed by atoms with E-state index >= 15 is 0 Å². The molecule has 4 nitrogen and oxygen atoms in total. The number of aliphatic hydroxyl groups is 2. The number of hydrogen-bond donors (Lipinski definition) is 2. The van der Waals surface area contributed by atoms with E-state index in [9.17, 15) is 4.39 Å². The largest absolute Gasteiger partial charge is 0.394 e. The first-order valence-corrected chi connectivity index (χ1v) is 5.48. The van der Waals surface area contributed by atoms with Crippen molar-refractivity contribution in [1.82, 2.24) is 0 Å². The van der Waals surface area contributed by atoms with Crippen LogP contribution in [0.2, 0.25) is 0 Å². The van der Waals surface area contributed by atoms with Gasteiger partial charge in [0.1, 0.15) is 5.82 Å². The Bertz CT molecular complexity index is 347. The highest BCUT2D eigenvalue weighted by molar-refractivity contribution is 5.54. The van der Waals surface area contributed by atoms with Crippen molar-refractivity contribution in [3.8, 4) is 0 Å². The number of rotatable bonds is 7. The van der Waals surface area contributed by atoms with Crippen molar-refractivity contribution in [2.24, 2.45) is 0 Å². The molecule has 0 saturated carbocycles. The van der Waals surface area contributed by atoms with Crippen molar-refractivity contribution >= 4 is 5.69 Å². The van der Waals surface area contributed by atoms with Gasteiger partial charge in [0.15, 0.2) is 0 Å². The zero-order valence-corrected chi connectivity index (χ0v) is 9.90. The summed E-state index contributed by atoms with van der Waals surface area (Å²) in [6, 6.07) is 4.61. The quantitative estimate of drug-likeness (QED) is 0.694. The third-order valence-electron chi connectivity index (χ3n) is 2.43. The Balaban J connectivity index is 2.64. The molecule has 0 aromatic heterocycles. The van der Waals surface area contributed by atoms with Crippen molar-refractivity contribution in [1.29, 1.82) is 0 Å². The van der Waals surface area contributed by atoms with Gasteiger partial charge in [-0.05, 0) is 6.07 Å². The molecule has 0 radical (unpaired) electrons. The molecule has 2 N–H and O–H groups in total. The minimum Gasteiger partial charge on any atom is -0.394 e.